The van der Waals surface area contributed by atoms with Gasteiger partial charge in [-0.2, -0.15) is 9.61 Å². The fraction of sp³-hybridized carbons (Fsp3) is 0.308. The molecular formula is C26H27N7O3. The molecule has 0 radical (unpaired) electrons. The number of pyridine rings is 2. The molecular weight excluding hydrogens is 458 g/mol. The van der Waals surface area contributed by atoms with Crippen molar-refractivity contribution < 1.29 is 14.7 Å². The number of nitrogens with zero attached hydrogens (tertiary/aromatic N) is 6. The number of fused-ring (bicyclic) bond motifs is 1. The van der Waals surface area contributed by atoms with Crippen LogP contribution in [-0.2, 0) is 4.79 Å². The Hall–Kier alpha value is -4.18. The van der Waals surface area contributed by atoms with Crippen molar-refractivity contribution >= 4 is 23.2 Å². The Morgan fingerprint density at radius 1 is 1.11 bits per heavy atom. The van der Waals surface area contributed by atoms with Gasteiger partial charge in [-0.25, -0.2) is 4.98 Å². The van der Waals surface area contributed by atoms with Gasteiger partial charge in [0.1, 0.15) is 11.9 Å². The average molecular weight is 486 g/mol. The van der Waals surface area contributed by atoms with Crippen molar-refractivity contribution in [1.82, 2.24) is 29.5 Å². The largest absolute Gasteiger partial charge is 0.384 e. The maximum Gasteiger partial charge on any atom is 0.251 e. The number of carbonyl (C=O) groups is 2. The van der Waals surface area contributed by atoms with E-state index in [2.05, 4.69) is 15.1 Å². The summed E-state index contributed by atoms with van der Waals surface area (Å²) in [5, 5.41) is 14.1. The third-order valence-corrected chi connectivity index (χ3v) is 6.65. The van der Waals surface area contributed by atoms with Crippen LogP contribution in [0.5, 0.6) is 0 Å². The molecule has 4 aromatic rings. The number of piperidine rings is 1. The van der Waals surface area contributed by atoms with Gasteiger partial charge in [0.15, 0.2) is 11.4 Å². The zero-order valence-electron chi connectivity index (χ0n) is 20.1. The van der Waals surface area contributed by atoms with Crippen LogP contribution in [0.15, 0.2) is 49.1 Å². The second-order valence-electron chi connectivity index (χ2n) is 9.06. The number of Topliss-reactive ketones (excluding diaryl/α,β-unsaturated/α-hetero) is 1. The zero-order valence-corrected chi connectivity index (χ0v) is 20.1. The topological polar surface area (TPSA) is 140 Å². The number of aliphatic hydroxyl groups is 1. The highest BCUT2D eigenvalue weighted by atomic mass is 16.3. The summed E-state index contributed by atoms with van der Waals surface area (Å²) in [6.45, 7) is 3.90. The quantitative estimate of drug-likeness (QED) is 0.411. The number of aliphatic hydroxyl groups excluding tert-OH is 1. The van der Waals surface area contributed by atoms with Gasteiger partial charge in [-0.3, -0.25) is 19.6 Å². The predicted octanol–water partition coefficient (Wildman–Crippen LogP) is 2.72. The maximum atomic E-state index is 12.6. The molecule has 1 saturated heterocycles. The predicted molar refractivity (Wildman–Crippen MR) is 134 cm³/mol. The monoisotopic (exact) mass is 485 g/mol. The van der Waals surface area contributed by atoms with Crippen molar-refractivity contribution in [2.45, 2.75) is 38.7 Å². The summed E-state index contributed by atoms with van der Waals surface area (Å²) in [4.78, 5) is 40.1. The molecule has 0 bridgehead atoms. The van der Waals surface area contributed by atoms with Gasteiger partial charge in [0, 0.05) is 54.3 Å². The van der Waals surface area contributed by atoms with Gasteiger partial charge in [-0.05, 0) is 44.9 Å². The van der Waals surface area contributed by atoms with Crippen molar-refractivity contribution in [3.8, 4) is 22.4 Å². The summed E-state index contributed by atoms with van der Waals surface area (Å²) in [7, 11) is 0. The SMILES string of the molecule is CC(=O)c1c(C2CCN(C(=O)[C@@H](C)O)CC2)nc2c(-c3ccc(-c4cccnc4)nc3)cnn2c1N. The fourth-order valence-corrected chi connectivity index (χ4v) is 4.77. The molecule has 5 heterocycles. The van der Waals surface area contributed by atoms with Crippen LogP contribution >= 0.6 is 0 Å². The van der Waals surface area contributed by atoms with Gasteiger partial charge in [-0.1, -0.05) is 6.07 Å². The first-order valence-electron chi connectivity index (χ1n) is 11.9. The van der Waals surface area contributed by atoms with E-state index in [4.69, 9.17) is 10.7 Å². The first-order chi connectivity index (χ1) is 17.3. The number of anilines is 1. The van der Waals surface area contributed by atoms with Crippen LogP contribution in [0, 0.1) is 0 Å². The van der Waals surface area contributed by atoms with Crippen LogP contribution in [0.1, 0.15) is 48.7 Å². The molecule has 1 amide bonds. The van der Waals surface area contributed by atoms with E-state index >= 15 is 0 Å². The van der Waals surface area contributed by atoms with E-state index in [1.54, 1.807) is 29.7 Å². The van der Waals surface area contributed by atoms with Crippen LogP contribution in [0.2, 0.25) is 0 Å². The lowest BCUT2D eigenvalue weighted by atomic mass is 9.89. The lowest BCUT2D eigenvalue weighted by Gasteiger charge is -2.33. The number of nitrogens with two attached hydrogens (primary N) is 1. The Morgan fingerprint density at radius 3 is 2.50 bits per heavy atom. The highest BCUT2D eigenvalue weighted by Gasteiger charge is 2.31. The number of nitrogen functional groups attached to an aromatic ring is 1. The van der Waals surface area contributed by atoms with E-state index in [0.29, 0.717) is 42.8 Å². The van der Waals surface area contributed by atoms with Crippen molar-refractivity contribution in [2.75, 3.05) is 18.8 Å². The molecule has 1 atom stereocenters. The minimum atomic E-state index is -1.04. The summed E-state index contributed by atoms with van der Waals surface area (Å²) >= 11 is 0. The number of likely N-dealkylation sites (tertiary alicyclic amines) is 1. The van der Waals surface area contributed by atoms with Crippen molar-refractivity contribution in [1.29, 1.82) is 0 Å². The molecule has 36 heavy (non-hydrogen) atoms. The molecule has 10 heteroatoms. The smallest absolute Gasteiger partial charge is 0.251 e. The Kier molecular flexibility index (Phi) is 6.19. The molecule has 0 unspecified atom stereocenters. The molecule has 1 aliphatic heterocycles. The number of aromatic nitrogens is 5. The van der Waals surface area contributed by atoms with Gasteiger partial charge in [-0.15, -0.1) is 0 Å². The first-order valence-corrected chi connectivity index (χ1v) is 11.9. The number of carbonyl (C=O) groups excluding carboxylic acids is 2. The molecule has 1 aliphatic rings. The lowest BCUT2D eigenvalue weighted by Crippen LogP contribution is -2.42. The van der Waals surface area contributed by atoms with Crippen LogP contribution in [0.4, 0.5) is 5.82 Å². The number of rotatable bonds is 5. The Labute approximate surface area is 207 Å². The van der Waals surface area contributed by atoms with Crippen LogP contribution in [0.3, 0.4) is 0 Å². The highest BCUT2D eigenvalue weighted by Crippen LogP contribution is 2.35. The van der Waals surface area contributed by atoms with E-state index < -0.39 is 6.10 Å². The van der Waals surface area contributed by atoms with E-state index in [-0.39, 0.29) is 23.4 Å². The van der Waals surface area contributed by atoms with Crippen LogP contribution < -0.4 is 5.73 Å². The van der Waals surface area contributed by atoms with Gasteiger partial charge in [0.2, 0.25) is 0 Å². The van der Waals surface area contributed by atoms with Crippen LogP contribution in [-0.4, -0.2) is 65.5 Å². The Balaban J connectivity index is 1.52. The summed E-state index contributed by atoms with van der Waals surface area (Å²) in [6, 6.07) is 7.67. The third kappa shape index (κ3) is 4.20. The summed E-state index contributed by atoms with van der Waals surface area (Å²) < 4.78 is 1.50. The average Bonchev–Trinajstić information content (AvgIpc) is 3.33. The Morgan fingerprint density at radius 2 is 1.89 bits per heavy atom. The zero-order chi connectivity index (χ0) is 25.4. The van der Waals surface area contributed by atoms with Gasteiger partial charge in [0.05, 0.1) is 23.1 Å². The first kappa shape index (κ1) is 23.6. The number of amides is 1. The summed E-state index contributed by atoms with van der Waals surface area (Å²) in [5.74, 6) is -0.276. The number of hydrogen-bond donors (Lipinski definition) is 2. The summed E-state index contributed by atoms with van der Waals surface area (Å²) in [6.07, 6.45) is 7.11. The molecule has 1 fully saturated rings. The normalized spacial score (nSPS) is 15.2. The minimum Gasteiger partial charge on any atom is -0.384 e. The van der Waals surface area contributed by atoms with E-state index in [0.717, 1.165) is 22.4 Å². The van der Waals surface area contributed by atoms with Crippen molar-refractivity contribution in [3.63, 3.8) is 0 Å². The van der Waals surface area contributed by atoms with Gasteiger partial charge >= 0.3 is 0 Å². The van der Waals surface area contributed by atoms with Gasteiger partial charge < -0.3 is 15.7 Å². The second-order valence-corrected chi connectivity index (χ2v) is 9.06. The molecule has 3 N–H and O–H groups in total. The number of hydrogen-bond acceptors (Lipinski definition) is 8. The van der Waals surface area contributed by atoms with E-state index in [1.807, 2.05) is 24.3 Å². The maximum absolute atomic E-state index is 12.6. The van der Waals surface area contributed by atoms with E-state index in [9.17, 15) is 14.7 Å². The fourth-order valence-electron chi connectivity index (χ4n) is 4.77. The van der Waals surface area contributed by atoms with Crippen LogP contribution in [0.25, 0.3) is 28.0 Å². The second kappa shape index (κ2) is 9.46. The molecule has 0 spiro atoms. The molecule has 5 rings (SSSR count). The molecule has 0 saturated carbocycles. The molecule has 4 aromatic heterocycles. The molecule has 10 nitrogen and oxygen atoms in total. The molecule has 184 valence electrons. The minimum absolute atomic E-state index is 0.0527. The van der Waals surface area contributed by atoms with Gasteiger partial charge in [0.25, 0.3) is 5.91 Å². The highest BCUT2D eigenvalue weighted by molar-refractivity contribution is 6.00. The lowest BCUT2D eigenvalue weighted by molar-refractivity contribution is -0.140. The molecule has 0 aliphatic carbocycles. The molecule has 0 aromatic carbocycles. The summed E-state index contributed by atoms with van der Waals surface area (Å²) in [5.41, 5.74) is 11.3. The number of ketones is 1. The Bertz CT molecular complexity index is 1420. The standard InChI is InChI=1S/C26H27N7O3/c1-15(34)22-23(17-7-10-32(11-8-17)26(36)16(2)35)31-25-20(14-30-33(25)24(22)27)18-5-6-21(29-13-18)19-4-3-9-28-12-19/h3-6,9,12-14,16-17,35H,7-8,10-11,27H2,1-2H3/t16-/m1/s1. The van der Waals surface area contributed by atoms with Crippen molar-refractivity contribution in [2.24, 2.45) is 0 Å². The van der Waals surface area contributed by atoms with Crippen molar-refractivity contribution in [3.05, 3.63) is 60.3 Å². The third-order valence-electron chi connectivity index (χ3n) is 6.65. The van der Waals surface area contributed by atoms with E-state index in [1.165, 1.54) is 18.4 Å².